The van der Waals surface area contributed by atoms with Gasteiger partial charge in [0.15, 0.2) is 0 Å². The second-order valence-corrected chi connectivity index (χ2v) is 5.00. The van der Waals surface area contributed by atoms with Gasteiger partial charge in [-0.15, -0.1) is 0 Å². The molecule has 14 heavy (non-hydrogen) atoms. The van der Waals surface area contributed by atoms with E-state index in [2.05, 4.69) is 6.58 Å². The molecule has 0 heterocycles. The Kier molecular flexibility index (Phi) is 6.68. The number of carboxylic acids is 1. The third kappa shape index (κ3) is 22.5. The topological polar surface area (TPSA) is 121 Å². The highest BCUT2D eigenvalue weighted by atomic mass is 31.2. The number of hydrogen-bond donors (Lipinski definition) is 4. The summed E-state index contributed by atoms with van der Waals surface area (Å²) in [5.74, 6) is -0.981. The van der Waals surface area contributed by atoms with Gasteiger partial charge in [-0.2, -0.15) is 0 Å². The van der Waals surface area contributed by atoms with E-state index in [1.807, 2.05) is 0 Å². The maximum atomic E-state index is 10.3. The molecule has 84 valence electrons. The quantitative estimate of drug-likeness (QED) is 0.401. The van der Waals surface area contributed by atoms with E-state index in [1.54, 1.807) is 13.8 Å². The van der Waals surface area contributed by atoms with Gasteiger partial charge in [0.2, 0.25) is 0 Å². The average molecular weight is 225 g/mol. The van der Waals surface area contributed by atoms with Gasteiger partial charge in [-0.25, -0.2) is 4.79 Å². The van der Waals surface area contributed by atoms with Crippen LogP contribution in [0, 0.1) is 0 Å². The first-order chi connectivity index (χ1) is 5.98. The van der Waals surface area contributed by atoms with Crippen LogP contribution in [0.25, 0.3) is 0 Å². The van der Waals surface area contributed by atoms with Crippen LogP contribution in [-0.2, 0) is 9.36 Å². The Bertz CT molecular complexity index is 239. The van der Waals surface area contributed by atoms with Gasteiger partial charge in [0, 0.05) is 11.6 Å². The maximum absolute atomic E-state index is 10.3. The van der Waals surface area contributed by atoms with Gasteiger partial charge >= 0.3 is 13.6 Å². The Morgan fingerprint density at radius 1 is 1.57 bits per heavy atom. The second-order valence-electron chi connectivity index (χ2n) is 3.35. The predicted octanol–water partition coefficient (Wildman–Crippen LogP) is 0.158. The molecule has 0 aliphatic rings. The van der Waals surface area contributed by atoms with Crippen LogP contribution in [0.4, 0.5) is 0 Å². The third-order valence-corrected chi connectivity index (χ3v) is 2.02. The lowest BCUT2D eigenvalue weighted by Gasteiger charge is -2.18. The Morgan fingerprint density at radius 2 is 1.86 bits per heavy atom. The van der Waals surface area contributed by atoms with Gasteiger partial charge in [0.05, 0.1) is 6.16 Å². The minimum Gasteiger partial charge on any atom is -0.478 e. The molecule has 0 aromatic carbocycles. The zero-order valence-electron chi connectivity index (χ0n) is 8.17. The molecule has 0 aromatic heterocycles. The number of carbonyl (C=O) groups is 1. The van der Waals surface area contributed by atoms with E-state index < -0.39 is 19.1 Å². The van der Waals surface area contributed by atoms with Crippen molar-refractivity contribution in [3.05, 3.63) is 12.7 Å². The van der Waals surface area contributed by atoms with E-state index in [0.29, 0.717) is 0 Å². The lowest BCUT2D eigenvalue weighted by molar-refractivity contribution is -0.131. The van der Waals surface area contributed by atoms with Crippen molar-refractivity contribution in [1.29, 1.82) is 0 Å². The van der Waals surface area contributed by atoms with Crippen molar-refractivity contribution >= 4 is 13.6 Å². The van der Waals surface area contributed by atoms with Crippen LogP contribution in [-0.4, -0.2) is 32.6 Å². The van der Waals surface area contributed by atoms with E-state index in [4.69, 9.17) is 20.6 Å². The normalized spacial score (nSPS) is 11.2. The minimum absolute atomic E-state index is 0.264. The molecule has 0 amide bonds. The molecule has 7 heteroatoms. The molecular formula is C7H16NO5P. The van der Waals surface area contributed by atoms with E-state index in [9.17, 15) is 9.36 Å². The molecule has 0 aliphatic heterocycles. The van der Waals surface area contributed by atoms with Crippen molar-refractivity contribution < 1.29 is 24.3 Å². The Hall–Kier alpha value is -0.680. The van der Waals surface area contributed by atoms with E-state index >= 15 is 0 Å². The summed E-state index contributed by atoms with van der Waals surface area (Å²) < 4.78 is 10.3. The second kappa shape index (κ2) is 5.93. The third-order valence-electron chi connectivity index (χ3n) is 0.788. The van der Waals surface area contributed by atoms with Gasteiger partial charge in [0.1, 0.15) is 0 Å². The Labute approximate surface area is 82.6 Å². The van der Waals surface area contributed by atoms with Crippen LogP contribution >= 0.6 is 7.60 Å². The van der Waals surface area contributed by atoms with Crippen LogP contribution < -0.4 is 5.73 Å². The molecule has 0 atom stereocenters. The minimum atomic E-state index is -3.91. The fraction of sp³-hybridized carbons (Fsp3) is 0.571. The van der Waals surface area contributed by atoms with E-state index in [-0.39, 0.29) is 6.16 Å². The number of rotatable bonds is 3. The molecule has 0 aliphatic carbocycles. The van der Waals surface area contributed by atoms with Gasteiger partial charge in [-0.05, 0) is 13.8 Å². The predicted molar refractivity (Wildman–Crippen MR) is 53.0 cm³/mol. The molecule has 0 radical (unpaired) electrons. The maximum Gasteiger partial charge on any atom is 0.327 e. The van der Waals surface area contributed by atoms with Crippen LogP contribution in [0.3, 0.4) is 0 Å². The Morgan fingerprint density at radius 3 is 1.86 bits per heavy atom. The summed E-state index contributed by atoms with van der Waals surface area (Å²) in [6, 6.07) is 0. The van der Waals surface area contributed by atoms with Crippen molar-refractivity contribution in [2.24, 2.45) is 5.73 Å². The summed E-state index contributed by atoms with van der Waals surface area (Å²) in [5.41, 5.74) is 4.55. The lowest BCUT2D eigenvalue weighted by atomic mass is 10.1. The molecule has 0 bridgehead atoms. The van der Waals surface area contributed by atoms with Crippen LogP contribution in [0.2, 0.25) is 0 Å². The van der Waals surface area contributed by atoms with Gasteiger partial charge < -0.3 is 20.6 Å². The first kappa shape index (κ1) is 15.8. The lowest BCUT2D eigenvalue weighted by Crippen LogP contribution is -2.35. The summed E-state index contributed by atoms with van der Waals surface area (Å²) in [6.45, 7) is 6.11. The molecule has 0 aromatic rings. The van der Waals surface area contributed by atoms with Crippen LogP contribution in [0.5, 0.6) is 0 Å². The van der Waals surface area contributed by atoms with Gasteiger partial charge in [-0.3, -0.25) is 4.57 Å². The zero-order valence-corrected chi connectivity index (χ0v) is 9.07. The highest BCUT2D eigenvalue weighted by molar-refractivity contribution is 7.51. The van der Waals surface area contributed by atoms with Crippen molar-refractivity contribution in [2.75, 3.05) is 6.16 Å². The molecule has 0 rings (SSSR count). The molecule has 0 spiro atoms. The molecule has 6 nitrogen and oxygen atoms in total. The number of carboxylic acid groups (broad SMARTS) is 1. The van der Waals surface area contributed by atoms with Gasteiger partial charge in [-0.1, -0.05) is 6.58 Å². The smallest absolute Gasteiger partial charge is 0.327 e. The van der Waals surface area contributed by atoms with E-state index in [1.165, 1.54) is 0 Å². The van der Waals surface area contributed by atoms with Crippen LogP contribution in [0.1, 0.15) is 13.8 Å². The largest absolute Gasteiger partial charge is 0.478 e. The van der Waals surface area contributed by atoms with Crippen molar-refractivity contribution in [1.82, 2.24) is 0 Å². The fourth-order valence-electron chi connectivity index (χ4n) is 0.531. The van der Waals surface area contributed by atoms with Gasteiger partial charge in [0.25, 0.3) is 0 Å². The number of nitrogens with two attached hydrogens (primary N) is 1. The summed E-state index contributed by atoms with van der Waals surface area (Å²) in [5, 5.41) is 7.60. The SMILES string of the molecule is C=CC(=O)O.CC(C)(N)CP(=O)(O)O. The Balaban J connectivity index is 0. The molecule has 0 unspecified atom stereocenters. The van der Waals surface area contributed by atoms with Crippen LogP contribution in [0.15, 0.2) is 12.7 Å². The summed E-state index contributed by atoms with van der Waals surface area (Å²) in [7, 11) is -3.91. The summed E-state index contributed by atoms with van der Waals surface area (Å²) in [6.07, 6.45) is 0.569. The van der Waals surface area contributed by atoms with Crippen molar-refractivity contribution in [3.8, 4) is 0 Å². The molecular weight excluding hydrogens is 209 g/mol. The standard InChI is InChI=1S/C4H12NO3P.C3H4O2/c1-4(2,5)3-9(6,7)8;1-2-3(4)5/h3,5H2,1-2H3,(H2,6,7,8);2H,1H2,(H,4,5). The average Bonchev–Trinajstić information content (AvgIpc) is 1.80. The van der Waals surface area contributed by atoms with Crippen molar-refractivity contribution in [3.63, 3.8) is 0 Å². The molecule has 5 N–H and O–H groups in total. The monoisotopic (exact) mass is 225 g/mol. The summed E-state index contributed by atoms with van der Waals surface area (Å²) >= 11 is 0. The fourth-order valence-corrected chi connectivity index (χ4v) is 1.59. The molecule has 0 saturated heterocycles. The number of hydrogen-bond acceptors (Lipinski definition) is 3. The zero-order chi connectivity index (χ0) is 12.0. The molecule has 0 saturated carbocycles. The van der Waals surface area contributed by atoms with Crippen molar-refractivity contribution in [2.45, 2.75) is 19.4 Å². The summed E-state index contributed by atoms with van der Waals surface area (Å²) in [4.78, 5) is 26.0. The number of aliphatic carboxylic acids is 1. The van der Waals surface area contributed by atoms with E-state index in [0.717, 1.165) is 6.08 Å². The molecule has 0 fully saturated rings. The highest BCUT2D eigenvalue weighted by Gasteiger charge is 2.23. The first-order valence-corrected chi connectivity index (χ1v) is 5.46. The first-order valence-electron chi connectivity index (χ1n) is 3.67. The highest BCUT2D eigenvalue weighted by Crippen LogP contribution is 2.37.